The first kappa shape index (κ1) is 13.6. The number of aromatic amines is 1. The molecular weight excluding hydrogens is 246 g/mol. The van der Waals surface area contributed by atoms with Crippen molar-refractivity contribution in [2.75, 3.05) is 5.32 Å². The molecule has 1 fully saturated rings. The fraction of sp³-hybridized carbons (Fsp3) is 0.615. The van der Waals surface area contributed by atoms with Crippen LogP contribution >= 0.6 is 0 Å². The summed E-state index contributed by atoms with van der Waals surface area (Å²) in [7, 11) is 0. The molecule has 1 aliphatic rings. The van der Waals surface area contributed by atoms with Crippen LogP contribution in [0, 0.1) is 5.41 Å². The summed E-state index contributed by atoms with van der Waals surface area (Å²) in [5.74, 6) is -0.421. The van der Waals surface area contributed by atoms with Crippen LogP contribution in [0.25, 0.3) is 0 Å². The quantitative estimate of drug-likeness (QED) is 0.760. The van der Waals surface area contributed by atoms with Gasteiger partial charge >= 0.3 is 5.97 Å². The van der Waals surface area contributed by atoms with Crippen molar-refractivity contribution in [2.24, 2.45) is 5.41 Å². The molecule has 0 atom stereocenters. The lowest BCUT2D eigenvalue weighted by atomic mass is 9.69. The van der Waals surface area contributed by atoms with E-state index >= 15 is 0 Å². The third-order valence-electron chi connectivity index (χ3n) is 3.75. The Morgan fingerprint density at radius 3 is 2.63 bits per heavy atom. The number of amides is 1. The lowest BCUT2D eigenvalue weighted by molar-refractivity contribution is -0.140. The highest BCUT2D eigenvalue weighted by Crippen LogP contribution is 2.42. The lowest BCUT2D eigenvalue weighted by Gasteiger charge is -2.35. The second-order valence-electron chi connectivity index (χ2n) is 5.33. The molecule has 0 aromatic carbocycles. The zero-order chi connectivity index (χ0) is 13.7. The van der Waals surface area contributed by atoms with Gasteiger partial charge in [-0.15, -0.1) is 0 Å². The van der Waals surface area contributed by atoms with E-state index in [4.69, 9.17) is 5.11 Å². The highest BCUT2D eigenvalue weighted by molar-refractivity contribution is 5.90. The Morgan fingerprint density at radius 1 is 1.32 bits per heavy atom. The maximum Gasteiger partial charge on any atom is 0.303 e. The van der Waals surface area contributed by atoms with Crippen molar-refractivity contribution in [2.45, 2.75) is 44.9 Å². The van der Waals surface area contributed by atoms with E-state index in [0.717, 1.165) is 32.1 Å². The summed E-state index contributed by atoms with van der Waals surface area (Å²) in [4.78, 5) is 23.0. The molecule has 0 aliphatic heterocycles. The van der Waals surface area contributed by atoms with Crippen molar-refractivity contribution in [1.29, 1.82) is 0 Å². The number of carbonyl (C=O) groups is 2. The molecule has 6 heteroatoms. The fourth-order valence-corrected chi connectivity index (χ4v) is 2.90. The number of nitrogens with one attached hydrogen (secondary N) is 2. The van der Waals surface area contributed by atoms with Gasteiger partial charge in [0.15, 0.2) is 0 Å². The Bertz CT molecular complexity index is 436. The van der Waals surface area contributed by atoms with Gasteiger partial charge in [0.1, 0.15) is 5.82 Å². The molecular formula is C13H19N3O3. The van der Waals surface area contributed by atoms with Crippen molar-refractivity contribution < 1.29 is 14.7 Å². The van der Waals surface area contributed by atoms with Gasteiger partial charge in [0.2, 0.25) is 5.91 Å². The topological polar surface area (TPSA) is 95.1 Å². The van der Waals surface area contributed by atoms with Crippen LogP contribution in [-0.4, -0.2) is 27.2 Å². The predicted octanol–water partition coefficient (Wildman–Crippen LogP) is 2.16. The molecule has 6 nitrogen and oxygen atoms in total. The van der Waals surface area contributed by atoms with Gasteiger partial charge < -0.3 is 10.4 Å². The molecule has 1 aromatic heterocycles. The predicted molar refractivity (Wildman–Crippen MR) is 69.6 cm³/mol. The Kier molecular flexibility index (Phi) is 4.19. The largest absolute Gasteiger partial charge is 0.481 e. The second kappa shape index (κ2) is 5.86. The molecule has 0 bridgehead atoms. The van der Waals surface area contributed by atoms with Crippen LogP contribution < -0.4 is 5.32 Å². The normalized spacial score (nSPS) is 17.9. The molecule has 19 heavy (non-hydrogen) atoms. The average molecular weight is 265 g/mol. The zero-order valence-corrected chi connectivity index (χ0v) is 10.8. The summed E-state index contributed by atoms with van der Waals surface area (Å²) in [5, 5.41) is 18.2. The molecule has 1 saturated carbocycles. The average Bonchev–Trinajstić information content (AvgIpc) is 2.81. The number of anilines is 1. The molecule has 0 spiro atoms. The van der Waals surface area contributed by atoms with E-state index in [2.05, 4.69) is 15.5 Å². The first-order valence-corrected chi connectivity index (χ1v) is 6.61. The Hall–Kier alpha value is -1.85. The SMILES string of the molecule is O=C(O)CC1(CC(=O)Nc2ccn[nH]2)CCCCC1. The maximum absolute atomic E-state index is 12.0. The van der Waals surface area contributed by atoms with Gasteiger partial charge in [-0.05, 0) is 18.3 Å². The Labute approximate surface area is 111 Å². The minimum Gasteiger partial charge on any atom is -0.481 e. The van der Waals surface area contributed by atoms with Crippen LogP contribution in [0.1, 0.15) is 44.9 Å². The Balaban J connectivity index is 1.98. The summed E-state index contributed by atoms with van der Waals surface area (Å²) in [5.41, 5.74) is -0.381. The molecule has 2 rings (SSSR count). The van der Waals surface area contributed by atoms with Gasteiger partial charge in [0.05, 0.1) is 12.6 Å². The fourth-order valence-electron chi connectivity index (χ4n) is 2.90. The highest BCUT2D eigenvalue weighted by Gasteiger charge is 2.36. The van der Waals surface area contributed by atoms with E-state index in [1.54, 1.807) is 12.3 Å². The van der Waals surface area contributed by atoms with E-state index < -0.39 is 5.97 Å². The van der Waals surface area contributed by atoms with E-state index in [9.17, 15) is 9.59 Å². The minimum atomic E-state index is -0.823. The standard InChI is InChI=1S/C13H19N3O3/c17-11(15-10-4-7-14-16-10)8-13(9-12(18)19)5-2-1-3-6-13/h4,7H,1-3,5-6,8-9H2,(H,18,19)(H2,14,15,16,17). The smallest absolute Gasteiger partial charge is 0.303 e. The summed E-state index contributed by atoms with van der Waals surface area (Å²) < 4.78 is 0. The Morgan fingerprint density at radius 2 is 2.05 bits per heavy atom. The molecule has 1 aromatic rings. The summed E-state index contributed by atoms with van der Waals surface area (Å²) >= 11 is 0. The number of H-pyrrole nitrogens is 1. The molecule has 3 N–H and O–H groups in total. The molecule has 1 amide bonds. The van der Waals surface area contributed by atoms with Crippen LogP contribution in [0.2, 0.25) is 0 Å². The molecule has 1 aliphatic carbocycles. The van der Waals surface area contributed by atoms with Gasteiger partial charge in [-0.3, -0.25) is 14.7 Å². The third kappa shape index (κ3) is 3.81. The number of hydrogen-bond acceptors (Lipinski definition) is 3. The number of hydrogen-bond donors (Lipinski definition) is 3. The van der Waals surface area contributed by atoms with Crippen molar-refractivity contribution in [3.8, 4) is 0 Å². The molecule has 0 unspecified atom stereocenters. The van der Waals surface area contributed by atoms with Crippen LogP contribution in [-0.2, 0) is 9.59 Å². The summed E-state index contributed by atoms with van der Waals surface area (Å²) in [6.45, 7) is 0. The van der Waals surface area contributed by atoms with E-state index in [1.807, 2.05) is 0 Å². The molecule has 104 valence electrons. The van der Waals surface area contributed by atoms with Gasteiger partial charge in [-0.25, -0.2) is 0 Å². The lowest BCUT2D eigenvalue weighted by Crippen LogP contribution is -2.32. The number of carbonyl (C=O) groups excluding carboxylic acids is 1. The van der Waals surface area contributed by atoms with Crippen molar-refractivity contribution >= 4 is 17.7 Å². The maximum atomic E-state index is 12.0. The van der Waals surface area contributed by atoms with Crippen molar-refractivity contribution in [1.82, 2.24) is 10.2 Å². The van der Waals surface area contributed by atoms with Crippen molar-refractivity contribution in [3.63, 3.8) is 0 Å². The van der Waals surface area contributed by atoms with Gasteiger partial charge in [0.25, 0.3) is 0 Å². The number of aliphatic carboxylic acids is 1. The monoisotopic (exact) mass is 265 g/mol. The van der Waals surface area contributed by atoms with Crippen molar-refractivity contribution in [3.05, 3.63) is 12.3 Å². The number of carboxylic acid groups (broad SMARTS) is 1. The minimum absolute atomic E-state index is 0.0728. The number of carboxylic acids is 1. The van der Waals surface area contributed by atoms with Crippen LogP contribution in [0.3, 0.4) is 0 Å². The first-order valence-electron chi connectivity index (χ1n) is 6.61. The first-order chi connectivity index (χ1) is 9.10. The van der Waals surface area contributed by atoms with E-state index in [1.165, 1.54) is 0 Å². The van der Waals surface area contributed by atoms with Crippen LogP contribution in [0.15, 0.2) is 12.3 Å². The van der Waals surface area contributed by atoms with Gasteiger partial charge in [0, 0.05) is 12.5 Å². The number of rotatable bonds is 5. The van der Waals surface area contributed by atoms with Crippen LogP contribution in [0.4, 0.5) is 5.82 Å². The van der Waals surface area contributed by atoms with Gasteiger partial charge in [-0.2, -0.15) is 5.10 Å². The molecule has 0 radical (unpaired) electrons. The third-order valence-corrected chi connectivity index (χ3v) is 3.75. The van der Waals surface area contributed by atoms with Gasteiger partial charge in [-0.1, -0.05) is 19.3 Å². The summed E-state index contributed by atoms with van der Waals surface area (Å²) in [6.07, 6.45) is 6.66. The van der Waals surface area contributed by atoms with E-state index in [0.29, 0.717) is 5.82 Å². The summed E-state index contributed by atoms with van der Waals surface area (Å²) in [6, 6.07) is 1.67. The number of aromatic nitrogens is 2. The van der Waals surface area contributed by atoms with E-state index in [-0.39, 0.29) is 24.2 Å². The molecule has 1 heterocycles. The zero-order valence-electron chi connectivity index (χ0n) is 10.8. The second-order valence-corrected chi connectivity index (χ2v) is 5.33. The highest BCUT2D eigenvalue weighted by atomic mass is 16.4. The number of nitrogens with zero attached hydrogens (tertiary/aromatic N) is 1. The molecule has 0 saturated heterocycles. The van der Waals surface area contributed by atoms with Crippen LogP contribution in [0.5, 0.6) is 0 Å².